The van der Waals surface area contributed by atoms with E-state index < -0.39 is 0 Å². The minimum absolute atomic E-state index is 0.0490. The number of carbonyl (C=O) groups is 1. The predicted octanol–water partition coefficient (Wildman–Crippen LogP) is 4.78. The van der Waals surface area contributed by atoms with Gasteiger partial charge in [-0.3, -0.25) is 4.79 Å². The molecule has 3 aromatic heterocycles. The van der Waals surface area contributed by atoms with Crippen molar-refractivity contribution in [3.63, 3.8) is 0 Å². The summed E-state index contributed by atoms with van der Waals surface area (Å²) in [5, 5.41) is 5.45. The molecular weight excluding hydrogens is 386 g/mol. The molecule has 0 atom stereocenters. The number of para-hydroxylation sites is 1. The number of nitrogens with zero attached hydrogens (tertiary/aromatic N) is 1. The van der Waals surface area contributed by atoms with Crippen molar-refractivity contribution < 1.29 is 4.79 Å². The van der Waals surface area contributed by atoms with E-state index in [-0.39, 0.29) is 5.91 Å². The monoisotopic (exact) mass is 407 g/mol. The first-order valence-electron chi connectivity index (χ1n) is 9.50. The zero-order chi connectivity index (χ0) is 18.9. The molecule has 1 aliphatic rings. The van der Waals surface area contributed by atoms with Gasteiger partial charge in [0.05, 0.1) is 5.56 Å². The van der Waals surface area contributed by atoms with Crippen LogP contribution < -0.4 is 5.32 Å². The van der Waals surface area contributed by atoms with Gasteiger partial charge < -0.3 is 14.9 Å². The smallest absolute Gasteiger partial charge is 0.254 e. The number of thioether (sulfide) groups is 1. The lowest BCUT2D eigenvalue weighted by atomic mass is 10.1. The highest BCUT2D eigenvalue weighted by atomic mass is 32.2. The molecule has 0 aliphatic carbocycles. The molecule has 28 heavy (non-hydrogen) atoms. The molecule has 0 saturated carbocycles. The van der Waals surface area contributed by atoms with E-state index in [0.29, 0.717) is 6.54 Å². The third-order valence-corrected chi connectivity index (χ3v) is 7.64. The Labute approximate surface area is 172 Å². The first-order chi connectivity index (χ1) is 13.8. The van der Waals surface area contributed by atoms with E-state index in [2.05, 4.69) is 33.1 Å². The molecule has 0 radical (unpaired) electrons. The molecule has 2 N–H and O–H groups in total. The average molecular weight is 408 g/mol. The maximum absolute atomic E-state index is 13.2. The highest BCUT2D eigenvalue weighted by molar-refractivity contribution is 7.98. The standard InChI is InChI=1S/C22H21N3OS2/c26-21(23-9-7-15-13-24-18-6-2-1-5-16(15)18)20-17-8-12-27-14-19(17)28-22(20)25-10-3-4-11-25/h1-6,10-11,13,24H,7-9,12,14H2,(H,23,26). The van der Waals surface area contributed by atoms with Crippen LogP contribution in [0.2, 0.25) is 0 Å². The Bertz CT molecular complexity index is 1120. The van der Waals surface area contributed by atoms with Gasteiger partial charge >= 0.3 is 0 Å². The summed E-state index contributed by atoms with van der Waals surface area (Å²) in [6.45, 7) is 0.630. The van der Waals surface area contributed by atoms with Crippen molar-refractivity contribution >= 4 is 39.9 Å². The number of hydrogen-bond donors (Lipinski definition) is 2. The zero-order valence-electron chi connectivity index (χ0n) is 15.4. The van der Waals surface area contributed by atoms with Crippen molar-refractivity contribution in [3.8, 4) is 5.00 Å². The van der Waals surface area contributed by atoms with Gasteiger partial charge in [-0.25, -0.2) is 0 Å². The summed E-state index contributed by atoms with van der Waals surface area (Å²) < 4.78 is 2.07. The van der Waals surface area contributed by atoms with Crippen LogP contribution in [0.5, 0.6) is 0 Å². The Hall–Kier alpha value is -2.44. The van der Waals surface area contributed by atoms with Gasteiger partial charge in [0.2, 0.25) is 0 Å². The van der Waals surface area contributed by atoms with Crippen molar-refractivity contribution in [1.29, 1.82) is 0 Å². The molecule has 0 fully saturated rings. The fraction of sp³-hybridized carbons (Fsp3) is 0.227. The van der Waals surface area contributed by atoms with Gasteiger partial charge in [-0.2, -0.15) is 11.8 Å². The van der Waals surface area contributed by atoms with E-state index in [9.17, 15) is 4.79 Å². The van der Waals surface area contributed by atoms with Crippen LogP contribution in [-0.4, -0.2) is 27.8 Å². The predicted molar refractivity (Wildman–Crippen MR) is 118 cm³/mol. The molecular formula is C22H21N3OS2. The van der Waals surface area contributed by atoms with Gasteiger partial charge in [-0.05, 0) is 47.9 Å². The summed E-state index contributed by atoms with van der Waals surface area (Å²) in [5.41, 5.74) is 4.50. The molecule has 0 unspecified atom stereocenters. The van der Waals surface area contributed by atoms with Crippen LogP contribution in [0, 0.1) is 0 Å². The van der Waals surface area contributed by atoms with Gasteiger partial charge in [0.1, 0.15) is 5.00 Å². The number of H-pyrrole nitrogens is 1. The summed E-state index contributed by atoms with van der Waals surface area (Å²) in [5.74, 6) is 2.15. The first-order valence-corrected chi connectivity index (χ1v) is 11.5. The van der Waals surface area contributed by atoms with Crippen LogP contribution in [0.25, 0.3) is 15.9 Å². The topological polar surface area (TPSA) is 49.8 Å². The van der Waals surface area contributed by atoms with Crippen LogP contribution in [0.15, 0.2) is 55.0 Å². The number of carbonyl (C=O) groups excluding carboxylic acids is 1. The minimum atomic E-state index is 0.0490. The first kappa shape index (κ1) is 17.6. The Balaban J connectivity index is 1.37. The molecule has 0 spiro atoms. The Morgan fingerprint density at radius 1 is 1.18 bits per heavy atom. The Morgan fingerprint density at radius 2 is 2.04 bits per heavy atom. The summed E-state index contributed by atoms with van der Waals surface area (Å²) in [7, 11) is 0. The number of amides is 1. The van der Waals surface area contributed by atoms with E-state index >= 15 is 0 Å². The second kappa shape index (κ2) is 7.53. The minimum Gasteiger partial charge on any atom is -0.361 e. The molecule has 1 amide bonds. The lowest BCUT2D eigenvalue weighted by Gasteiger charge is -2.13. The molecule has 0 saturated heterocycles. The molecule has 1 aliphatic heterocycles. The number of fused-ring (bicyclic) bond motifs is 2. The molecule has 0 bridgehead atoms. The van der Waals surface area contributed by atoms with E-state index in [4.69, 9.17) is 0 Å². The van der Waals surface area contributed by atoms with Crippen LogP contribution in [-0.2, 0) is 18.6 Å². The molecule has 5 rings (SSSR count). The van der Waals surface area contributed by atoms with E-state index in [0.717, 1.165) is 40.4 Å². The van der Waals surface area contributed by atoms with Crippen molar-refractivity contribution in [3.05, 3.63) is 76.6 Å². The number of nitrogens with one attached hydrogen (secondary N) is 2. The number of aromatic nitrogens is 2. The van der Waals surface area contributed by atoms with Gasteiger partial charge in [-0.1, -0.05) is 18.2 Å². The second-order valence-electron chi connectivity index (χ2n) is 6.94. The van der Waals surface area contributed by atoms with Crippen molar-refractivity contribution in [2.45, 2.75) is 18.6 Å². The van der Waals surface area contributed by atoms with Gasteiger partial charge in [0.25, 0.3) is 5.91 Å². The van der Waals surface area contributed by atoms with Gasteiger partial charge in [0, 0.05) is 46.7 Å². The van der Waals surface area contributed by atoms with E-state index in [1.807, 2.05) is 48.6 Å². The van der Waals surface area contributed by atoms with Crippen LogP contribution in [0.1, 0.15) is 26.4 Å². The molecule has 4 nitrogen and oxygen atoms in total. The van der Waals surface area contributed by atoms with Gasteiger partial charge in [0.15, 0.2) is 0 Å². The van der Waals surface area contributed by atoms with Crippen molar-refractivity contribution in [2.24, 2.45) is 0 Å². The molecule has 4 aromatic rings. The largest absolute Gasteiger partial charge is 0.361 e. The lowest BCUT2D eigenvalue weighted by molar-refractivity contribution is 0.0953. The third kappa shape index (κ3) is 3.16. The SMILES string of the molecule is O=C(NCCc1c[nH]c2ccccc12)c1c(-n2cccc2)sc2c1CCSC2. The fourth-order valence-corrected chi connectivity index (χ4v) is 6.29. The maximum Gasteiger partial charge on any atom is 0.254 e. The fourth-order valence-electron chi connectivity index (χ4n) is 3.84. The summed E-state index contributed by atoms with van der Waals surface area (Å²) in [6, 6.07) is 12.3. The number of benzene rings is 1. The maximum atomic E-state index is 13.2. The van der Waals surface area contributed by atoms with E-state index in [1.54, 1.807) is 11.3 Å². The molecule has 6 heteroatoms. The van der Waals surface area contributed by atoms with Crippen LogP contribution >= 0.6 is 23.1 Å². The molecule has 142 valence electrons. The Kier molecular flexibility index (Phi) is 4.74. The van der Waals surface area contributed by atoms with Crippen molar-refractivity contribution in [1.82, 2.24) is 14.9 Å². The number of hydrogen-bond acceptors (Lipinski definition) is 3. The number of rotatable bonds is 5. The highest BCUT2D eigenvalue weighted by Crippen LogP contribution is 2.38. The summed E-state index contributed by atoms with van der Waals surface area (Å²) in [4.78, 5) is 17.8. The third-order valence-electron chi connectivity index (χ3n) is 5.22. The van der Waals surface area contributed by atoms with Crippen LogP contribution in [0.4, 0.5) is 0 Å². The van der Waals surface area contributed by atoms with Crippen molar-refractivity contribution in [2.75, 3.05) is 12.3 Å². The van der Waals surface area contributed by atoms with E-state index in [1.165, 1.54) is 21.4 Å². The Morgan fingerprint density at radius 3 is 2.93 bits per heavy atom. The summed E-state index contributed by atoms with van der Waals surface area (Å²) in [6.07, 6.45) is 7.88. The number of thiophene rings is 1. The van der Waals surface area contributed by atoms with Crippen LogP contribution in [0.3, 0.4) is 0 Å². The molecule has 4 heterocycles. The lowest BCUT2D eigenvalue weighted by Crippen LogP contribution is -2.27. The van der Waals surface area contributed by atoms with Gasteiger partial charge in [-0.15, -0.1) is 11.3 Å². The highest BCUT2D eigenvalue weighted by Gasteiger charge is 2.26. The normalized spacial score (nSPS) is 13.6. The zero-order valence-corrected chi connectivity index (χ0v) is 17.0. The average Bonchev–Trinajstić information content (AvgIpc) is 3.46. The number of aromatic amines is 1. The second-order valence-corrected chi connectivity index (χ2v) is 9.13. The quantitative estimate of drug-likeness (QED) is 0.500. The molecule has 1 aromatic carbocycles. The summed E-state index contributed by atoms with van der Waals surface area (Å²) >= 11 is 3.71.